The average Bonchev–Trinajstić information content (AvgIpc) is 3.12. The summed E-state index contributed by atoms with van der Waals surface area (Å²) in [6.45, 7) is 4.36. The Hall–Kier alpha value is -1.77. The van der Waals surface area contributed by atoms with Crippen molar-refractivity contribution >= 4 is 19.8 Å². The zero-order valence-corrected chi connectivity index (χ0v) is 36.3. The predicted octanol–water partition coefficient (Wildman–Crippen LogP) is 12.1. The molecule has 1 N–H and O–H groups in total. The highest BCUT2D eigenvalue weighted by atomic mass is 31.2. The minimum atomic E-state index is -4.38. The molecule has 0 aromatic heterocycles. The molecular weight excluding hydrogens is 701 g/mol. The fourth-order valence-corrected chi connectivity index (χ4v) is 6.43. The number of nitrogens with zero attached hydrogens (tertiary/aromatic N) is 1. The van der Waals surface area contributed by atoms with Gasteiger partial charge in [-0.05, 0) is 70.6 Å². The lowest BCUT2D eigenvalue weighted by Crippen LogP contribution is -2.37. The van der Waals surface area contributed by atoms with Crippen LogP contribution < -0.4 is 0 Å². The van der Waals surface area contributed by atoms with Crippen LogP contribution in [0.15, 0.2) is 36.5 Å². The maximum Gasteiger partial charge on any atom is 0.472 e. The molecule has 54 heavy (non-hydrogen) atoms. The van der Waals surface area contributed by atoms with Gasteiger partial charge in [-0.25, -0.2) is 4.57 Å². The Bertz CT molecular complexity index is 1020. The topological polar surface area (TPSA) is 108 Å². The van der Waals surface area contributed by atoms with Crippen molar-refractivity contribution in [1.82, 2.24) is 0 Å². The molecule has 10 heteroatoms. The van der Waals surface area contributed by atoms with Gasteiger partial charge in [0.1, 0.15) is 19.8 Å². The fourth-order valence-electron chi connectivity index (χ4n) is 5.68. The van der Waals surface area contributed by atoms with Gasteiger partial charge in [0.25, 0.3) is 0 Å². The summed E-state index contributed by atoms with van der Waals surface area (Å²) in [5.41, 5.74) is 0. The maximum atomic E-state index is 12.7. The molecule has 2 unspecified atom stereocenters. The van der Waals surface area contributed by atoms with E-state index in [0.717, 1.165) is 64.2 Å². The molecule has 0 heterocycles. The molecule has 0 aliphatic rings. The Balaban J connectivity index is 4.44. The maximum absolute atomic E-state index is 12.7. The number of carbonyl (C=O) groups is 2. The zero-order chi connectivity index (χ0) is 40.0. The van der Waals surface area contributed by atoms with E-state index >= 15 is 0 Å². The number of likely N-dealkylation sites (N-methyl/N-ethyl adjacent to an activating group) is 1. The summed E-state index contributed by atoms with van der Waals surface area (Å²) in [5, 5.41) is 0. The van der Waals surface area contributed by atoms with E-state index in [2.05, 4.69) is 50.3 Å². The number of carbonyl (C=O) groups excluding carboxylic acids is 2. The van der Waals surface area contributed by atoms with Gasteiger partial charge in [0.2, 0.25) is 0 Å². The van der Waals surface area contributed by atoms with Gasteiger partial charge in [0.05, 0.1) is 27.7 Å². The Morgan fingerprint density at radius 1 is 0.574 bits per heavy atom. The van der Waals surface area contributed by atoms with Crippen molar-refractivity contribution in [3.05, 3.63) is 36.5 Å². The summed E-state index contributed by atoms with van der Waals surface area (Å²) in [7, 11) is 1.45. The Kier molecular flexibility index (Phi) is 35.6. The van der Waals surface area contributed by atoms with Crippen molar-refractivity contribution in [3.8, 4) is 0 Å². The molecular formula is C44H83NO8P+. The Labute approximate surface area is 331 Å². The first kappa shape index (κ1) is 52.2. The van der Waals surface area contributed by atoms with E-state index in [9.17, 15) is 19.0 Å². The SMILES string of the molecule is CCCCCCCC/C=C/C/C=C/CCCCC(=O)OC(COC(=O)CCCCCCC/C=C/CCCCCCCC)COP(=O)(O)OCC[N+](C)(C)C. The predicted molar refractivity (Wildman–Crippen MR) is 224 cm³/mol. The number of unbranched alkanes of at least 4 members (excludes halogenated alkanes) is 19. The summed E-state index contributed by atoms with van der Waals surface area (Å²) in [6.07, 6.45) is 40.5. The number of ether oxygens (including phenoxy) is 2. The van der Waals surface area contributed by atoms with Crippen LogP contribution in [0.2, 0.25) is 0 Å². The second-order valence-corrected chi connectivity index (χ2v) is 17.2. The highest BCUT2D eigenvalue weighted by molar-refractivity contribution is 7.47. The number of quaternary nitrogens is 1. The summed E-state index contributed by atoms with van der Waals surface area (Å²) in [4.78, 5) is 35.3. The lowest BCUT2D eigenvalue weighted by molar-refractivity contribution is -0.870. The quantitative estimate of drug-likeness (QED) is 0.0216. The minimum absolute atomic E-state index is 0.0244. The molecule has 2 atom stereocenters. The van der Waals surface area contributed by atoms with Gasteiger partial charge in [0, 0.05) is 12.8 Å². The van der Waals surface area contributed by atoms with Gasteiger partial charge >= 0.3 is 19.8 Å². The lowest BCUT2D eigenvalue weighted by Gasteiger charge is -2.24. The van der Waals surface area contributed by atoms with Crippen LogP contribution in [0.5, 0.6) is 0 Å². The smallest absolute Gasteiger partial charge is 0.462 e. The first-order chi connectivity index (χ1) is 26.0. The van der Waals surface area contributed by atoms with Crippen molar-refractivity contribution in [2.75, 3.05) is 47.5 Å². The molecule has 0 amide bonds. The zero-order valence-electron chi connectivity index (χ0n) is 35.5. The minimum Gasteiger partial charge on any atom is -0.462 e. The van der Waals surface area contributed by atoms with Gasteiger partial charge in [0.15, 0.2) is 6.10 Å². The van der Waals surface area contributed by atoms with Crippen LogP contribution >= 0.6 is 7.82 Å². The third kappa shape index (κ3) is 39.9. The van der Waals surface area contributed by atoms with Gasteiger partial charge in [-0.3, -0.25) is 18.6 Å². The molecule has 0 bridgehead atoms. The molecule has 0 saturated carbocycles. The standard InChI is InChI=1S/C44H82NO8P/c1-6-8-10-12-14-16-18-20-22-24-26-28-30-32-34-36-43(46)50-40-42(41-52-54(48,49)51-39-38-45(3,4)5)53-44(47)37-35-33-31-29-27-25-23-21-19-17-15-13-11-9-7-2/h20-23,27,29,42H,6-19,24-26,28,30-41H2,1-5H3/p+1/b22-20+,23-21+,29-27+. The molecule has 0 radical (unpaired) electrons. The van der Waals surface area contributed by atoms with Crippen molar-refractivity contribution in [3.63, 3.8) is 0 Å². The second kappa shape index (κ2) is 36.8. The monoisotopic (exact) mass is 785 g/mol. The van der Waals surface area contributed by atoms with Crippen LogP contribution in [0.3, 0.4) is 0 Å². The number of phosphoric ester groups is 1. The fraction of sp³-hybridized carbons (Fsp3) is 0.818. The van der Waals surface area contributed by atoms with E-state index in [-0.39, 0.29) is 32.0 Å². The number of esters is 2. The lowest BCUT2D eigenvalue weighted by atomic mass is 10.1. The molecule has 0 aliphatic heterocycles. The van der Waals surface area contributed by atoms with Gasteiger partial charge in [-0.15, -0.1) is 0 Å². The summed E-state index contributed by atoms with van der Waals surface area (Å²) < 4.78 is 34.2. The molecule has 9 nitrogen and oxygen atoms in total. The highest BCUT2D eigenvalue weighted by Crippen LogP contribution is 2.43. The largest absolute Gasteiger partial charge is 0.472 e. The van der Waals surface area contributed by atoms with Crippen LogP contribution in [0.1, 0.15) is 181 Å². The number of hydrogen-bond acceptors (Lipinski definition) is 7. The van der Waals surface area contributed by atoms with Crippen LogP contribution in [-0.2, 0) is 32.7 Å². The summed E-state index contributed by atoms with van der Waals surface area (Å²) in [5.74, 6) is -0.846. The third-order valence-electron chi connectivity index (χ3n) is 9.14. The average molecular weight is 785 g/mol. The number of rotatable bonds is 39. The number of hydrogen-bond donors (Lipinski definition) is 1. The second-order valence-electron chi connectivity index (χ2n) is 15.7. The van der Waals surface area contributed by atoms with Crippen molar-refractivity contribution < 1.29 is 42.1 Å². The van der Waals surface area contributed by atoms with Crippen LogP contribution in [0.25, 0.3) is 0 Å². The van der Waals surface area contributed by atoms with Crippen LogP contribution in [0, 0.1) is 0 Å². The molecule has 316 valence electrons. The highest BCUT2D eigenvalue weighted by Gasteiger charge is 2.27. The first-order valence-electron chi connectivity index (χ1n) is 21.7. The molecule has 0 aromatic rings. The normalized spacial score (nSPS) is 14.0. The molecule has 0 aromatic carbocycles. The van der Waals surface area contributed by atoms with E-state index < -0.39 is 26.5 Å². The molecule has 0 rings (SSSR count). The van der Waals surface area contributed by atoms with E-state index in [1.807, 2.05) is 21.1 Å². The number of phosphoric acid groups is 1. The third-order valence-corrected chi connectivity index (χ3v) is 10.1. The first-order valence-corrected chi connectivity index (χ1v) is 23.2. The van der Waals surface area contributed by atoms with Gasteiger partial charge < -0.3 is 18.9 Å². The van der Waals surface area contributed by atoms with Crippen molar-refractivity contribution in [2.24, 2.45) is 0 Å². The van der Waals surface area contributed by atoms with E-state index in [1.165, 1.54) is 83.5 Å². The van der Waals surface area contributed by atoms with Crippen molar-refractivity contribution in [2.45, 2.75) is 187 Å². The molecule has 0 aliphatic carbocycles. The summed E-state index contributed by atoms with van der Waals surface area (Å²) in [6, 6.07) is 0. The van der Waals surface area contributed by atoms with Crippen LogP contribution in [-0.4, -0.2) is 74.9 Å². The van der Waals surface area contributed by atoms with Gasteiger partial charge in [-0.2, -0.15) is 0 Å². The molecule has 0 saturated heterocycles. The van der Waals surface area contributed by atoms with Crippen LogP contribution in [0.4, 0.5) is 0 Å². The Morgan fingerprint density at radius 2 is 1.00 bits per heavy atom. The van der Waals surface area contributed by atoms with E-state index in [4.69, 9.17) is 18.5 Å². The van der Waals surface area contributed by atoms with Crippen molar-refractivity contribution in [1.29, 1.82) is 0 Å². The van der Waals surface area contributed by atoms with E-state index in [1.54, 1.807) is 0 Å². The molecule has 0 fully saturated rings. The Morgan fingerprint density at radius 3 is 1.52 bits per heavy atom. The summed E-state index contributed by atoms with van der Waals surface area (Å²) >= 11 is 0. The van der Waals surface area contributed by atoms with E-state index in [0.29, 0.717) is 17.4 Å². The molecule has 0 spiro atoms. The number of allylic oxidation sites excluding steroid dienone is 6. The van der Waals surface area contributed by atoms with Gasteiger partial charge in [-0.1, -0.05) is 134 Å².